The summed E-state index contributed by atoms with van der Waals surface area (Å²) in [7, 11) is 0. The van der Waals surface area contributed by atoms with E-state index in [0.29, 0.717) is 32.1 Å². The van der Waals surface area contributed by atoms with Gasteiger partial charge in [0.1, 0.15) is 13.2 Å². The number of benzene rings is 1. The van der Waals surface area contributed by atoms with Gasteiger partial charge in [0.05, 0.1) is 18.1 Å². The van der Waals surface area contributed by atoms with Gasteiger partial charge in [-0.25, -0.2) is 4.79 Å². The molecule has 2 amide bonds. The van der Waals surface area contributed by atoms with Gasteiger partial charge in [-0.2, -0.15) is 0 Å². The van der Waals surface area contributed by atoms with Crippen molar-refractivity contribution in [3.63, 3.8) is 0 Å². The van der Waals surface area contributed by atoms with Crippen molar-refractivity contribution in [3.05, 3.63) is 48.0 Å². The van der Waals surface area contributed by atoms with E-state index >= 15 is 0 Å². The Kier molecular flexibility index (Phi) is 10.5. The Morgan fingerprint density at radius 1 is 1.11 bits per heavy atom. The Labute approximate surface area is 211 Å². The molecule has 1 fully saturated rings. The van der Waals surface area contributed by atoms with Crippen LogP contribution in [-0.2, 0) is 35.3 Å². The van der Waals surface area contributed by atoms with Gasteiger partial charge in [-0.1, -0.05) is 55.3 Å². The lowest BCUT2D eigenvalue weighted by atomic mass is 9.95. The minimum absolute atomic E-state index is 0.0117. The fourth-order valence-electron chi connectivity index (χ4n) is 4.51. The van der Waals surface area contributed by atoms with Crippen molar-refractivity contribution in [1.29, 1.82) is 0 Å². The van der Waals surface area contributed by atoms with Crippen LogP contribution in [0.2, 0.25) is 0 Å². The molecule has 2 aliphatic rings. The lowest BCUT2D eigenvalue weighted by molar-refractivity contribution is -0.155. The summed E-state index contributed by atoms with van der Waals surface area (Å²) in [4.78, 5) is 50.9. The fraction of sp³-hybridized carbons (Fsp3) is 0.556. The van der Waals surface area contributed by atoms with E-state index in [1.165, 1.54) is 0 Å². The van der Waals surface area contributed by atoms with Gasteiger partial charge in [0, 0.05) is 12.8 Å². The number of carbonyl (C=O) groups excluding carboxylic acids is 4. The first kappa shape index (κ1) is 27.4. The number of hydrogen-bond donors (Lipinski definition) is 3. The molecule has 1 aliphatic heterocycles. The third kappa shape index (κ3) is 8.48. The van der Waals surface area contributed by atoms with E-state index in [1.54, 1.807) is 12.1 Å². The Hall–Kier alpha value is -3.20. The highest BCUT2D eigenvalue weighted by molar-refractivity contribution is 5.89. The molecule has 36 heavy (non-hydrogen) atoms. The van der Waals surface area contributed by atoms with Crippen molar-refractivity contribution in [2.45, 2.75) is 76.0 Å². The van der Waals surface area contributed by atoms with Gasteiger partial charge < -0.3 is 25.2 Å². The number of cyclic esters (lactones) is 1. The number of amides is 2. The number of carbonyl (C=O) groups is 4. The van der Waals surface area contributed by atoms with Gasteiger partial charge in [-0.05, 0) is 37.7 Å². The molecule has 2 unspecified atom stereocenters. The number of aliphatic hydroxyl groups is 1. The number of allylic oxidation sites excluding steroid dienone is 2. The molecule has 9 nitrogen and oxygen atoms in total. The maximum atomic E-state index is 13.2. The number of esters is 2. The van der Waals surface area contributed by atoms with Crippen LogP contribution in [0.15, 0.2) is 42.5 Å². The van der Waals surface area contributed by atoms with E-state index in [1.807, 2.05) is 30.4 Å². The van der Waals surface area contributed by atoms with Crippen LogP contribution in [0.5, 0.6) is 0 Å². The molecule has 1 heterocycles. The number of rotatable bonds is 7. The molecule has 0 saturated heterocycles. The van der Waals surface area contributed by atoms with Crippen molar-refractivity contribution < 1.29 is 33.8 Å². The molecule has 3 rings (SSSR count). The number of aliphatic hydroxyl groups excluding tert-OH is 1. The zero-order valence-corrected chi connectivity index (χ0v) is 20.6. The average molecular weight is 501 g/mol. The van der Waals surface area contributed by atoms with E-state index < -0.39 is 35.3 Å². The molecular weight excluding hydrogens is 464 g/mol. The van der Waals surface area contributed by atoms with Crippen LogP contribution >= 0.6 is 0 Å². The van der Waals surface area contributed by atoms with Crippen molar-refractivity contribution >= 4 is 23.8 Å². The summed E-state index contributed by atoms with van der Waals surface area (Å²) >= 11 is 0. The van der Waals surface area contributed by atoms with Gasteiger partial charge in [0.2, 0.25) is 11.8 Å². The van der Waals surface area contributed by atoms with Gasteiger partial charge in [0.15, 0.2) is 6.04 Å². The smallest absolute Gasteiger partial charge is 0.332 e. The molecule has 196 valence electrons. The summed E-state index contributed by atoms with van der Waals surface area (Å²) in [6, 6.07) is 7.91. The molecule has 1 aliphatic carbocycles. The second-order valence-corrected chi connectivity index (χ2v) is 9.53. The predicted molar refractivity (Wildman–Crippen MR) is 131 cm³/mol. The topological polar surface area (TPSA) is 131 Å². The summed E-state index contributed by atoms with van der Waals surface area (Å²) < 4.78 is 10.6. The SMILES string of the molecule is O=C(CC1CC=CCCCC(=O)OCC(C(=O)OCc2ccccc2)NC1=O)NC1(CO)CCCC1. The lowest BCUT2D eigenvalue weighted by Gasteiger charge is -2.29. The number of ether oxygens (including phenoxy) is 2. The third-order valence-corrected chi connectivity index (χ3v) is 6.65. The molecule has 0 radical (unpaired) electrons. The van der Waals surface area contributed by atoms with Crippen LogP contribution in [0.1, 0.15) is 63.4 Å². The summed E-state index contributed by atoms with van der Waals surface area (Å²) in [5.74, 6) is -2.74. The second kappa shape index (κ2) is 13.8. The number of nitrogens with one attached hydrogen (secondary N) is 2. The maximum absolute atomic E-state index is 13.2. The minimum atomic E-state index is -1.20. The fourth-order valence-corrected chi connectivity index (χ4v) is 4.51. The Morgan fingerprint density at radius 3 is 2.58 bits per heavy atom. The molecule has 0 bridgehead atoms. The predicted octanol–water partition coefficient (Wildman–Crippen LogP) is 2.32. The lowest BCUT2D eigenvalue weighted by Crippen LogP contribution is -2.51. The monoisotopic (exact) mass is 500 g/mol. The Balaban J connectivity index is 1.68. The van der Waals surface area contributed by atoms with Crippen molar-refractivity contribution in [3.8, 4) is 0 Å². The van der Waals surface area contributed by atoms with Crippen LogP contribution < -0.4 is 10.6 Å². The minimum Gasteiger partial charge on any atom is -0.463 e. The van der Waals surface area contributed by atoms with E-state index in [9.17, 15) is 24.3 Å². The molecule has 3 N–H and O–H groups in total. The van der Waals surface area contributed by atoms with E-state index in [-0.39, 0.29) is 38.6 Å². The summed E-state index contributed by atoms with van der Waals surface area (Å²) in [5.41, 5.74) is 0.147. The Bertz CT molecular complexity index is 925. The second-order valence-electron chi connectivity index (χ2n) is 9.53. The third-order valence-electron chi connectivity index (χ3n) is 6.65. The molecule has 0 spiro atoms. The van der Waals surface area contributed by atoms with E-state index in [2.05, 4.69) is 10.6 Å². The van der Waals surface area contributed by atoms with Gasteiger partial charge in [0.25, 0.3) is 0 Å². The average Bonchev–Trinajstić information content (AvgIpc) is 3.35. The quantitative estimate of drug-likeness (QED) is 0.387. The summed E-state index contributed by atoms with van der Waals surface area (Å²) in [6.07, 6.45) is 8.56. The van der Waals surface area contributed by atoms with Crippen LogP contribution in [0.25, 0.3) is 0 Å². The van der Waals surface area contributed by atoms with Gasteiger partial charge >= 0.3 is 11.9 Å². The highest BCUT2D eigenvalue weighted by Gasteiger charge is 2.36. The van der Waals surface area contributed by atoms with Crippen LogP contribution in [0, 0.1) is 5.92 Å². The molecular formula is C27H36N2O7. The summed E-state index contributed by atoms with van der Waals surface area (Å²) in [6.45, 7) is -0.480. The van der Waals surface area contributed by atoms with Crippen molar-refractivity contribution in [2.24, 2.45) is 5.92 Å². The normalized spacial score (nSPS) is 22.8. The largest absolute Gasteiger partial charge is 0.463 e. The number of hydrogen-bond acceptors (Lipinski definition) is 7. The van der Waals surface area contributed by atoms with Crippen LogP contribution in [-0.4, -0.2) is 53.7 Å². The zero-order chi connectivity index (χ0) is 25.8. The maximum Gasteiger partial charge on any atom is 0.332 e. The molecule has 2 atom stereocenters. The van der Waals surface area contributed by atoms with Crippen LogP contribution in [0.3, 0.4) is 0 Å². The van der Waals surface area contributed by atoms with E-state index in [4.69, 9.17) is 9.47 Å². The first-order valence-electron chi connectivity index (χ1n) is 12.6. The Morgan fingerprint density at radius 2 is 1.86 bits per heavy atom. The molecule has 1 aromatic carbocycles. The zero-order valence-electron chi connectivity index (χ0n) is 20.6. The van der Waals surface area contributed by atoms with Crippen molar-refractivity contribution in [2.75, 3.05) is 13.2 Å². The summed E-state index contributed by atoms with van der Waals surface area (Å²) in [5, 5.41) is 15.4. The standard InChI is InChI=1S/C27H36N2O7/c30-19-27(14-8-9-15-27)29-23(31)16-21-12-6-1-2-7-13-24(32)35-18-22(28-25(21)33)26(34)36-17-20-10-4-3-5-11-20/h1,3-6,10-11,21-22,30H,2,7-9,12-19H2,(H,28,33)(H,29,31). The first-order valence-corrected chi connectivity index (χ1v) is 12.6. The van der Waals surface area contributed by atoms with Gasteiger partial charge in [-0.15, -0.1) is 0 Å². The first-order chi connectivity index (χ1) is 17.4. The van der Waals surface area contributed by atoms with E-state index in [0.717, 1.165) is 18.4 Å². The molecule has 0 aromatic heterocycles. The molecule has 1 saturated carbocycles. The van der Waals surface area contributed by atoms with Crippen LogP contribution in [0.4, 0.5) is 0 Å². The molecule has 9 heteroatoms. The van der Waals surface area contributed by atoms with Gasteiger partial charge in [-0.3, -0.25) is 14.4 Å². The highest BCUT2D eigenvalue weighted by Crippen LogP contribution is 2.29. The van der Waals surface area contributed by atoms with Crippen molar-refractivity contribution in [1.82, 2.24) is 10.6 Å². The highest BCUT2D eigenvalue weighted by atomic mass is 16.6. The molecule has 1 aromatic rings.